The van der Waals surface area contributed by atoms with Gasteiger partial charge in [-0.15, -0.1) is 16.4 Å². The average Bonchev–Trinajstić information content (AvgIpc) is 3.65. The quantitative estimate of drug-likeness (QED) is 0.338. The zero-order valence-corrected chi connectivity index (χ0v) is 22.5. The van der Waals surface area contributed by atoms with Gasteiger partial charge >= 0.3 is 6.01 Å². The highest BCUT2D eigenvalue weighted by molar-refractivity contribution is 7.91. The molecule has 0 unspecified atom stereocenters. The SMILES string of the molecule is CCn1c(Oc2cccc(N3CCN(C)CC3)c2)nnc1[C@@H](C)NS(=O)(=O)c1ccc(-c2ccno2)s1. The first-order valence-corrected chi connectivity index (χ1v) is 14.3. The molecule has 1 aliphatic rings. The number of piperazine rings is 1. The summed E-state index contributed by atoms with van der Waals surface area (Å²) in [7, 11) is -1.67. The minimum absolute atomic E-state index is 0.172. The number of hydrogen-bond acceptors (Lipinski definition) is 10. The first-order valence-electron chi connectivity index (χ1n) is 12.0. The third kappa shape index (κ3) is 5.54. The second-order valence-electron chi connectivity index (χ2n) is 8.81. The van der Waals surface area contributed by atoms with E-state index in [1.165, 1.54) is 6.20 Å². The Balaban J connectivity index is 1.31. The molecule has 3 aromatic heterocycles. The van der Waals surface area contributed by atoms with Crippen LogP contribution < -0.4 is 14.4 Å². The summed E-state index contributed by atoms with van der Waals surface area (Å²) in [6, 6.07) is 12.5. The fourth-order valence-corrected chi connectivity index (χ4v) is 6.67. The first kappa shape index (κ1) is 25.4. The van der Waals surface area contributed by atoms with Crippen molar-refractivity contribution in [3.05, 3.63) is 54.5 Å². The molecule has 1 fully saturated rings. The zero-order chi connectivity index (χ0) is 26.0. The Morgan fingerprint density at radius 2 is 1.95 bits per heavy atom. The van der Waals surface area contributed by atoms with Crippen LogP contribution in [0.1, 0.15) is 25.7 Å². The number of aromatic nitrogens is 4. The van der Waals surface area contributed by atoms with Crippen molar-refractivity contribution in [3.8, 4) is 22.4 Å². The largest absolute Gasteiger partial charge is 0.424 e. The third-order valence-electron chi connectivity index (χ3n) is 6.20. The van der Waals surface area contributed by atoms with Crippen LogP contribution in [0.15, 0.2) is 57.4 Å². The Bertz CT molecular complexity index is 1440. The standard InChI is InChI=1S/C24H29N7O4S2/c1-4-31-23(17(2)28-37(32,33)22-9-8-21(36-22)20-10-11-25-35-20)26-27-24(31)34-19-7-5-6-18(16-19)30-14-12-29(3)13-15-30/h5-11,16-17,28H,4,12-15H2,1-3H3/t17-/m1/s1. The lowest BCUT2D eigenvalue weighted by Crippen LogP contribution is -2.44. The second-order valence-corrected chi connectivity index (χ2v) is 11.8. The predicted octanol–water partition coefficient (Wildman–Crippen LogP) is 3.60. The monoisotopic (exact) mass is 543 g/mol. The van der Waals surface area contributed by atoms with Gasteiger partial charge in [0.25, 0.3) is 10.0 Å². The Morgan fingerprint density at radius 1 is 1.14 bits per heavy atom. The van der Waals surface area contributed by atoms with E-state index in [4.69, 9.17) is 9.26 Å². The summed E-state index contributed by atoms with van der Waals surface area (Å²) in [5.74, 6) is 1.63. The Labute approximate surface area is 219 Å². The molecule has 4 heterocycles. The average molecular weight is 544 g/mol. The fraction of sp³-hybridized carbons (Fsp3) is 0.375. The maximum Gasteiger partial charge on any atom is 0.322 e. The predicted molar refractivity (Wildman–Crippen MR) is 140 cm³/mol. The number of rotatable bonds is 9. The number of nitrogens with one attached hydrogen (secondary N) is 1. The third-order valence-corrected chi connectivity index (χ3v) is 9.34. The van der Waals surface area contributed by atoms with Crippen molar-refractivity contribution in [2.45, 2.75) is 30.6 Å². The Morgan fingerprint density at radius 3 is 2.68 bits per heavy atom. The maximum absolute atomic E-state index is 13.1. The highest BCUT2D eigenvalue weighted by atomic mass is 32.2. The number of sulfonamides is 1. The molecular weight excluding hydrogens is 514 g/mol. The topological polar surface area (TPSA) is 119 Å². The van der Waals surface area contributed by atoms with Crippen molar-refractivity contribution in [1.82, 2.24) is 29.5 Å². The number of likely N-dealkylation sites (N-methyl/N-ethyl adjacent to an activating group) is 1. The number of ether oxygens (including phenoxy) is 1. The van der Waals surface area contributed by atoms with Crippen molar-refractivity contribution in [2.75, 3.05) is 38.1 Å². The lowest BCUT2D eigenvalue weighted by molar-refractivity contribution is 0.312. The molecule has 13 heteroatoms. The van der Waals surface area contributed by atoms with Crippen LogP contribution in [-0.2, 0) is 16.6 Å². The molecule has 5 rings (SSSR count). The summed E-state index contributed by atoms with van der Waals surface area (Å²) < 4.78 is 42.0. The van der Waals surface area contributed by atoms with Gasteiger partial charge in [-0.1, -0.05) is 16.3 Å². The van der Waals surface area contributed by atoms with Crippen LogP contribution in [0.2, 0.25) is 0 Å². The summed E-state index contributed by atoms with van der Waals surface area (Å²) in [5.41, 5.74) is 1.09. The van der Waals surface area contributed by atoms with E-state index >= 15 is 0 Å². The van der Waals surface area contributed by atoms with E-state index in [1.807, 2.05) is 25.1 Å². The van der Waals surface area contributed by atoms with Crippen molar-refractivity contribution in [3.63, 3.8) is 0 Å². The van der Waals surface area contributed by atoms with E-state index in [0.717, 1.165) is 43.2 Å². The molecule has 4 aromatic rings. The molecule has 1 N–H and O–H groups in total. The van der Waals surface area contributed by atoms with Crippen LogP contribution in [0, 0.1) is 0 Å². The van der Waals surface area contributed by atoms with Crippen LogP contribution in [0.25, 0.3) is 10.6 Å². The van der Waals surface area contributed by atoms with Gasteiger partial charge in [0.15, 0.2) is 11.6 Å². The van der Waals surface area contributed by atoms with Gasteiger partial charge in [-0.25, -0.2) is 8.42 Å². The molecule has 0 amide bonds. The molecule has 1 aliphatic heterocycles. The van der Waals surface area contributed by atoms with Gasteiger partial charge in [-0.2, -0.15) is 4.72 Å². The van der Waals surface area contributed by atoms with E-state index in [2.05, 4.69) is 43.0 Å². The second kappa shape index (κ2) is 10.6. The number of benzene rings is 1. The van der Waals surface area contributed by atoms with Gasteiger partial charge in [0.05, 0.1) is 17.1 Å². The summed E-state index contributed by atoms with van der Waals surface area (Å²) in [4.78, 5) is 5.32. The smallest absolute Gasteiger partial charge is 0.322 e. The first-order chi connectivity index (χ1) is 17.8. The van der Waals surface area contributed by atoms with E-state index in [9.17, 15) is 8.42 Å². The highest BCUT2D eigenvalue weighted by Crippen LogP contribution is 2.32. The minimum Gasteiger partial charge on any atom is -0.424 e. The number of thiophene rings is 1. The molecule has 0 radical (unpaired) electrons. The van der Waals surface area contributed by atoms with E-state index in [0.29, 0.717) is 34.8 Å². The van der Waals surface area contributed by atoms with E-state index in [1.54, 1.807) is 29.7 Å². The fourth-order valence-electron chi connectivity index (χ4n) is 4.19. The van der Waals surface area contributed by atoms with Gasteiger partial charge in [-0.3, -0.25) is 4.57 Å². The highest BCUT2D eigenvalue weighted by Gasteiger charge is 2.26. The van der Waals surface area contributed by atoms with Crippen molar-refractivity contribution < 1.29 is 17.7 Å². The van der Waals surface area contributed by atoms with Crippen LogP contribution >= 0.6 is 11.3 Å². The molecule has 11 nitrogen and oxygen atoms in total. The van der Waals surface area contributed by atoms with Crippen LogP contribution in [0.5, 0.6) is 11.8 Å². The van der Waals surface area contributed by atoms with Gasteiger partial charge in [0.1, 0.15) is 9.96 Å². The minimum atomic E-state index is -3.80. The molecule has 1 atom stereocenters. The zero-order valence-electron chi connectivity index (χ0n) is 20.9. The van der Waals surface area contributed by atoms with Crippen molar-refractivity contribution in [1.29, 1.82) is 0 Å². The van der Waals surface area contributed by atoms with Gasteiger partial charge in [0, 0.05) is 50.5 Å². The number of anilines is 1. The molecule has 0 bridgehead atoms. The van der Waals surface area contributed by atoms with E-state index in [-0.39, 0.29) is 4.21 Å². The molecule has 1 aromatic carbocycles. The van der Waals surface area contributed by atoms with E-state index < -0.39 is 16.1 Å². The number of hydrogen-bond donors (Lipinski definition) is 1. The summed E-state index contributed by atoms with van der Waals surface area (Å²) in [6.07, 6.45) is 1.52. The van der Waals surface area contributed by atoms with Gasteiger partial charge in [-0.05, 0) is 45.2 Å². The lowest BCUT2D eigenvalue weighted by atomic mass is 10.2. The van der Waals surface area contributed by atoms with Gasteiger partial charge in [0.2, 0.25) is 0 Å². The molecule has 0 spiro atoms. The Hall–Kier alpha value is -3.26. The molecule has 37 heavy (non-hydrogen) atoms. The van der Waals surface area contributed by atoms with Gasteiger partial charge < -0.3 is 19.1 Å². The molecule has 196 valence electrons. The molecule has 0 saturated carbocycles. The molecule has 1 saturated heterocycles. The van der Waals surface area contributed by atoms with Crippen LogP contribution in [-0.4, -0.2) is 66.5 Å². The number of nitrogens with zero attached hydrogens (tertiary/aromatic N) is 6. The van der Waals surface area contributed by atoms with Crippen molar-refractivity contribution >= 4 is 27.0 Å². The summed E-state index contributed by atoms with van der Waals surface area (Å²) in [5, 5.41) is 12.1. The summed E-state index contributed by atoms with van der Waals surface area (Å²) >= 11 is 1.11. The van der Waals surface area contributed by atoms with Crippen molar-refractivity contribution in [2.24, 2.45) is 0 Å². The summed E-state index contributed by atoms with van der Waals surface area (Å²) in [6.45, 7) is 8.12. The van der Waals surface area contributed by atoms with Crippen LogP contribution in [0.4, 0.5) is 5.69 Å². The lowest BCUT2D eigenvalue weighted by Gasteiger charge is -2.34. The van der Waals surface area contributed by atoms with Crippen LogP contribution in [0.3, 0.4) is 0 Å². The molecule has 0 aliphatic carbocycles. The maximum atomic E-state index is 13.1. The Kier molecular flexibility index (Phi) is 7.29. The normalized spacial score (nSPS) is 15.7. The molecular formula is C24H29N7O4S2.